The summed E-state index contributed by atoms with van der Waals surface area (Å²) in [5, 5.41) is 1.14. The number of hydrogen-bond acceptors (Lipinski definition) is 6. The Morgan fingerprint density at radius 3 is 2.33 bits per heavy atom. The van der Waals surface area contributed by atoms with Crippen molar-refractivity contribution in [2.75, 3.05) is 12.1 Å². The lowest BCUT2D eigenvalue weighted by molar-refractivity contribution is -0.274. The number of alkyl halides is 3. The van der Waals surface area contributed by atoms with Gasteiger partial charge in [-0.15, -0.1) is 13.2 Å². The second-order valence-corrected chi connectivity index (χ2v) is 6.06. The van der Waals surface area contributed by atoms with E-state index in [1.807, 2.05) is 0 Å². The molecule has 10 heteroatoms. The molecule has 0 radical (unpaired) electrons. The van der Waals surface area contributed by atoms with Gasteiger partial charge in [0.15, 0.2) is 0 Å². The standard InChI is InChI=1S/C17H15BrF3N3O3/c1-26-16(25)13-7-4-11(18)8-14(13)24(23)15(9-22)10-2-5-12(6-3-10)27-17(19,20)21/h2-9H,22-23H2,1H3/b15-9-. The van der Waals surface area contributed by atoms with E-state index in [0.717, 1.165) is 17.1 Å². The molecule has 6 nitrogen and oxygen atoms in total. The number of carbonyl (C=O) groups is 1. The molecule has 0 unspecified atom stereocenters. The van der Waals surface area contributed by atoms with Crippen LogP contribution in [0.1, 0.15) is 15.9 Å². The first-order valence-electron chi connectivity index (χ1n) is 7.37. The quantitative estimate of drug-likeness (QED) is 0.413. The molecule has 0 aliphatic carbocycles. The highest BCUT2D eigenvalue weighted by Gasteiger charge is 2.31. The zero-order valence-corrected chi connectivity index (χ0v) is 15.5. The van der Waals surface area contributed by atoms with Crippen molar-refractivity contribution in [3.05, 3.63) is 64.3 Å². The number of hydrazine groups is 1. The van der Waals surface area contributed by atoms with Crippen LogP contribution in [0.15, 0.2) is 53.1 Å². The second-order valence-electron chi connectivity index (χ2n) is 5.15. The molecule has 0 saturated heterocycles. The normalized spacial score (nSPS) is 11.9. The second kappa shape index (κ2) is 8.31. The summed E-state index contributed by atoms with van der Waals surface area (Å²) < 4.78 is 46.0. The first-order valence-corrected chi connectivity index (χ1v) is 8.16. The molecule has 0 aromatic heterocycles. The molecule has 27 heavy (non-hydrogen) atoms. The summed E-state index contributed by atoms with van der Waals surface area (Å²) in [6.45, 7) is 0. The van der Waals surface area contributed by atoms with Gasteiger partial charge in [0.05, 0.1) is 24.1 Å². The van der Waals surface area contributed by atoms with Gasteiger partial charge in [0, 0.05) is 16.2 Å². The number of benzene rings is 2. The van der Waals surface area contributed by atoms with E-state index in [1.165, 1.54) is 31.5 Å². The Morgan fingerprint density at radius 1 is 1.19 bits per heavy atom. The third-order valence-corrected chi connectivity index (χ3v) is 3.92. The molecule has 0 aliphatic rings. The van der Waals surface area contributed by atoms with Crippen LogP contribution in [0.2, 0.25) is 0 Å². The fourth-order valence-corrected chi connectivity index (χ4v) is 2.61. The van der Waals surface area contributed by atoms with Crippen LogP contribution < -0.4 is 21.3 Å². The largest absolute Gasteiger partial charge is 0.573 e. The van der Waals surface area contributed by atoms with Crippen molar-refractivity contribution in [1.29, 1.82) is 0 Å². The Labute approximate surface area is 161 Å². The Hall–Kier alpha value is -2.72. The lowest BCUT2D eigenvalue weighted by Gasteiger charge is -2.24. The topological polar surface area (TPSA) is 90.8 Å². The molecule has 4 N–H and O–H groups in total. The van der Waals surface area contributed by atoms with Crippen molar-refractivity contribution >= 4 is 33.3 Å². The van der Waals surface area contributed by atoms with Gasteiger partial charge in [0.2, 0.25) is 0 Å². The van der Waals surface area contributed by atoms with E-state index in [9.17, 15) is 18.0 Å². The van der Waals surface area contributed by atoms with Crippen LogP contribution in [-0.4, -0.2) is 19.4 Å². The van der Waals surface area contributed by atoms with Crippen LogP contribution >= 0.6 is 15.9 Å². The van der Waals surface area contributed by atoms with Gasteiger partial charge in [-0.05, 0) is 42.5 Å². The van der Waals surface area contributed by atoms with Gasteiger partial charge in [-0.3, -0.25) is 5.01 Å². The van der Waals surface area contributed by atoms with Crippen LogP contribution in [-0.2, 0) is 4.74 Å². The van der Waals surface area contributed by atoms with E-state index in [2.05, 4.69) is 20.7 Å². The van der Waals surface area contributed by atoms with Crippen LogP contribution in [0.3, 0.4) is 0 Å². The van der Waals surface area contributed by atoms with Crippen LogP contribution in [0.25, 0.3) is 5.70 Å². The lowest BCUT2D eigenvalue weighted by Crippen LogP contribution is -2.31. The SMILES string of the molecule is COC(=O)c1ccc(Br)cc1N(N)/C(=C\N)c1ccc(OC(F)(F)F)cc1. The molecule has 0 aliphatic heterocycles. The van der Waals surface area contributed by atoms with Crippen LogP contribution in [0, 0.1) is 0 Å². The van der Waals surface area contributed by atoms with Gasteiger partial charge < -0.3 is 15.2 Å². The molecule has 144 valence electrons. The van der Waals surface area contributed by atoms with E-state index in [-0.39, 0.29) is 22.7 Å². The van der Waals surface area contributed by atoms with Gasteiger partial charge >= 0.3 is 12.3 Å². The predicted octanol–water partition coefficient (Wildman–Crippen LogP) is 3.77. The van der Waals surface area contributed by atoms with Gasteiger partial charge in [0.1, 0.15) is 5.75 Å². The molecule has 0 spiro atoms. The molecule has 2 aromatic carbocycles. The number of rotatable bonds is 5. The highest BCUT2D eigenvalue weighted by Crippen LogP contribution is 2.31. The zero-order valence-electron chi connectivity index (χ0n) is 14.0. The Balaban J connectivity index is 2.38. The minimum Gasteiger partial charge on any atom is -0.465 e. The molecule has 0 amide bonds. The Bertz CT molecular complexity index is 855. The molecule has 0 atom stereocenters. The fourth-order valence-electron chi connectivity index (χ4n) is 2.26. The minimum absolute atomic E-state index is 0.180. The summed E-state index contributed by atoms with van der Waals surface area (Å²) in [6.07, 6.45) is -3.62. The summed E-state index contributed by atoms with van der Waals surface area (Å²) in [5.74, 6) is 5.13. The van der Waals surface area contributed by atoms with E-state index in [4.69, 9.17) is 16.3 Å². The van der Waals surface area contributed by atoms with E-state index in [0.29, 0.717) is 10.0 Å². The number of nitrogens with two attached hydrogens (primary N) is 2. The number of ether oxygens (including phenoxy) is 2. The number of anilines is 1. The molecular weight excluding hydrogens is 431 g/mol. The molecule has 0 heterocycles. The monoisotopic (exact) mass is 445 g/mol. The average Bonchev–Trinajstić information content (AvgIpc) is 2.61. The zero-order chi connectivity index (χ0) is 20.2. The average molecular weight is 446 g/mol. The van der Waals surface area contributed by atoms with Crippen molar-refractivity contribution < 1.29 is 27.4 Å². The van der Waals surface area contributed by atoms with Crippen molar-refractivity contribution in [1.82, 2.24) is 0 Å². The van der Waals surface area contributed by atoms with Crippen molar-refractivity contribution in [3.8, 4) is 5.75 Å². The number of methoxy groups -OCH3 is 1. The minimum atomic E-state index is -4.79. The van der Waals surface area contributed by atoms with E-state index < -0.39 is 12.3 Å². The lowest BCUT2D eigenvalue weighted by atomic mass is 10.1. The molecule has 2 rings (SSSR count). The van der Waals surface area contributed by atoms with Crippen molar-refractivity contribution in [2.45, 2.75) is 6.36 Å². The number of carbonyl (C=O) groups excluding carboxylic acids is 1. The molecular formula is C17H15BrF3N3O3. The van der Waals surface area contributed by atoms with Crippen LogP contribution in [0.5, 0.6) is 5.75 Å². The maximum absolute atomic E-state index is 12.3. The van der Waals surface area contributed by atoms with Crippen molar-refractivity contribution in [2.24, 2.45) is 11.6 Å². The summed E-state index contributed by atoms with van der Waals surface area (Å²) >= 11 is 3.29. The van der Waals surface area contributed by atoms with Gasteiger partial charge in [-0.25, -0.2) is 10.6 Å². The highest BCUT2D eigenvalue weighted by molar-refractivity contribution is 9.10. The van der Waals surface area contributed by atoms with Gasteiger partial charge in [0.25, 0.3) is 0 Å². The highest BCUT2D eigenvalue weighted by atomic mass is 79.9. The predicted molar refractivity (Wildman–Crippen MR) is 97.4 cm³/mol. The summed E-state index contributed by atoms with van der Waals surface area (Å²) in [6, 6.07) is 9.70. The Morgan fingerprint density at radius 2 is 1.81 bits per heavy atom. The molecule has 0 saturated carbocycles. The smallest absolute Gasteiger partial charge is 0.465 e. The maximum Gasteiger partial charge on any atom is 0.573 e. The van der Waals surface area contributed by atoms with Crippen LogP contribution in [0.4, 0.5) is 18.9 Å². The molecule has 0 bridgehead atoms. The maximum atomic E-state index is 12.3. The fraction of sp³-hybridized carbons (Fsp3) is 0.118. The first kappa shape index (κ1) is 20.6. The summed E-state index contributed by atoms with van der Waals surface area (Å²) in [5.41, 5.74) is 6.77. The number of halogens is 4. The third-order valence-electron chi connectivity index (χ3n) is 3.43. The first-order chi connectivity index (χ1) is 12.7. The molecule has 0 fully saturated rings. The van der Waals surface area contributed by atoms with Crippen molar-refractivity contribution in [3.63, 3.8) is 0 Å². The van der Waals surface area contributed by atoms with Gasteiger partial charge in [-0.1, -0.05) is 15.9 Å². The van der Waals surface area contributed by atoms with Gasteiger partial charge in [-0.2, -0.15) is 0 Å². The third kappa shape index (κ3) is 5.14. The number of hydrogen-bond donors (Lipinski definition) is 2. The Kier molecular flexibility index (Phi) is 6.34. The number of esters is 1. The number of nitrogens with zero attached hydrogens (tertiary/aromatic N) is 1. The van der Waals surface area contributed by atoms with E-state index in [1.54, 1.807) is 12.1 Å². The summed E-state index contributed by atoms with van der Waals surface area (Å²) in [4.78, 5) is 12.0. The molecule has 2 aromatic rings. The summed E-state index contributed by atoms with van der Waals surface area (Å²) in [7, 11) is 1.23. The van der Waals surface area contributed by atoms with E-state index >= 15 is 0 Å².